The molecule has 1 heterocycles. The zero-order valence-corrected chi connectivity index (χ0v) is 12.6. The molecule has 0 aliphatic carbocycles. The van der Waals surface area contributed by atoms with Crippen molar-refractivity contribution < 1.29 is 4.42 Å². The molecule has 0 radical (unpaired) electrons. The highest BCUT2D eigenvalue weighted by atomic mass is 127. The first-order valence-corrected chi connectivity index (χ1v) is 6.83. The highest BCUT2D eigenvalue weighted by Crippen LogP contribution is 2.25. The molecular formula is C11H8BrClINO. The topological polar surface area (TPSA) is 25.2 Å². The third-order valence-corrected chi connectivity index (χ3v) is 3.83. The second-order valence-corrected chi connectivity index (χ2v) is 5.51. The summed E-state index contributed by atoms with van der Waals surface area (Å²) in [6.07, 6.45) is 0. The number of benzene rings is 1. The molecule has 0 unspecified atom stereocenters. The van der Waals surface area contributed by atoms with E-state index >= 15 is 0 Å². The molecule has 2 nitrogen and oxygen atoms in total. The predicted octanol–water partition coefficient (Wildman–Crippen LogP) is 4.91. The van der Waals surface area contributed by atoms with Crippen LogP contribution < -0.4 is 5.32 Å². The lowest BCUT2D eigenvalue weighted by atomic mass is 10.3. The Morgan fingerprint density at radius 1 is 1.31 bits per heavy atom. The average Bonchev–Trinajstić information content (AvgIpc) is 2.66. The molecule has 0 bridgehead atoms. The molecule has 16 heavy (non-hydrogen) atoms. The van der Waals surface area contributed by atoms with E-state index in [9.17, 15) is 0 Å². The van der Waals surface area contributed by atoms with Crippen molar-refractivity contribution in [2.45, 2.75) is 6.54 Å². The normalized spacial score (nSPS) is 10.4. The second kappa shape index (κ2) is 5.42. The molecule has 5 heteroatoms. The van der Waals surface area contributed by atoms with Crippen molar-refractivity contribution in [2.24, 2.45) is 0 Å². The molecule has 0 fully saturated rings. The summed E-state index contributed by atoms with van der Waals surface area (Å²) in [6, 6.07) is 9.64. The van der Waals surface area contributed by atoms with E-state index in [1.807, 2.05) is 30.3 Å². The predicted molar refractivity (Wildman–Crippen MR) is 77.9 cm³/mol. The van der Waals surface area contributed by atoms with Gasteiger partial charge in [-0.05, 0) is 68.9 Å². The second-order valence-electron chi connectivity index (χ2n) is 3.19. The smallest absolute Gasteiger partial charge is 0.164 e. The maximum atomic E-state index is 5.99. The van der Waals surface area contributed by atoms with Gasteiger partial charge in [0, 0.05) is 10.2 Å². The summed E-state index contributed by atoms with van der Waals surface area (Å²) in [4.78, 5) is 0. The van der Waals surface area contributed by atoms with Crippen LogP contribution in [0.1, 0.15) is 5.76 Å². The summed E-state index contributed by atoms with van der Waals surface area (Å²) < 4.78 is 7.23. The third-order valence-electron chi connectivity index (χ3n) is 2.02. The molecule has 0 aliphatic heterocycles. The summed E-state index contributed by atoms with van der Waals surface area (Å²) in [5, 5.41) is 3.93. The molecule has 0 saturated heterocycles. The van der Waals surface area contributed by atoms with E-state index in [4.69, 9.17) is 16.0 Å². The fourth-order valence-corrected chi connectivity index (χ4v) is 2.13. The van der Waals surface area contributed by atoms with Gasteiger partial charge < -0.3 is 9.73 Å². The zero-order valence-electron chi connectivity index (χ0n) is 8.14. The third kappa shape index (κ3) is 3.15. The van der Waals surface area contributed by atoms with E-state index < -0.39 is 0 Å². The molecule has 1 aromatic heterocycles. The van der Waals surface area contributed by atoms with Gasteiger partial charge in [0.05, 0.1) is 11.6 Å². The van der Waals surface area contributed by atoms with Gasteiger partial charge in [-0.25, -0.2) is 0 Å². The fraction of sp³-hybridized carbons (Fsp3) is 0.0909. The number of halogens is 3. The van der Waals surface area contributed by atoms with Crippen LogP contribution in [0.2, 0.25) is 5.02 Å². The molecule has 1 N–H and O–H groups in total. The molecule has 0 saturated carbocycles. The molecule has 84 valence electrons. The van der Waals surface area contributed by atoms with Gasteiger partial charge in [0.2, 0.25) is 0 Å². The number of anilines is 1. The first-order chi connectivity index (χ1) is 7.65. The lowest BCUT2D eigenvalue weighted by Crippen LogP contribution is -1.97. The van der Waals surface area contributed by atoms with Gasteiger partial charge in [-0.2, -0.15) is 0 Å². The highest BCUT2D eigenvalue weighted by Gasteiger charge is 2.01. The van der Waals surface area contributed by atoms with Gasteiger partial charge in [0.1, 0.15) is 5.76 Å². The molecule has 0 spiro atoms. The van der Waals surface area contributed by atoms with Crippen LogP contribution in [-0.2, 0) is 6.54 Å². The monoisotopic (exact) mass is 411 g/mol. The van der Waals surface area contributed by atoms with Crippen molar-refractivity contribution in [1.82, 2.24) is 0 Å². The van der Waals surface area contributed by atoms with Gasteiger partial charge >= 0.3 is 0 Å². The van der Waals surface area contributed by atoms with Gasteiger partial charge in [-0.3, -0.25) is 0 Å². The SMILES string of the molecule is Clc1cc(NCc2ccc(I)o2)ccc1Br. The molecule has 2 rings (SSSR count). The average molecular weight is 412 g/mol. The number of hydrogen-bond acceptors (Lipinski definition) is 2. The number of nitrogens with one attached hydrogen (secondary N) is 1. The van der Waals surface area contributed by atoms with Crippen molar-refractivity contribution in [3.05, 3.63) is 49.4 Å². The first-order valence-electron chi connectivity index (χ1n) is 4.58. The summed E-state index contributed by atoms with van der Waals surface area (Å²) in [5.74, 6) is 0.906. The molecular weight excluding hydrogens is 404 g/mol. The van der Waals surface area contributed by atoms with E-state index in [0.717, 1.165) is 19.7 Å². The molecule has 2 aromatic rings. The Morgan fingerprint density at radius 3 is 2.75 bits per heavy atom. The van der Waals surface area contributed by atoms with Crippen LogP contribution >= 0.6 is 50.1 Å². The minimum atomic E-state index is 0.654. The minimum absolute atomic E-state index is 0.654. The maximum absolute atomic E-state index is 5.99. The molecule has 1 aromatic carbocycles. The van der Waals surface area contributed by atoms with Crippen molar-refractivity contribution in [3.8, 4) is 0 Å². The number of hydrogen-bond donors (Lipinski definition) is 1. The Hall–Kier alpha value is -0.200. The van der Waals surface area contributed by atoms with Crippen molar-refractivity contribution in [3.63, 3.8) is 0 Å². The van der Waals surface area contributed by atoms with E-state index in [0.29, 0.717) is 11.6 Å². The van der Waals surface area contributed by atoms with E-state index in [-0.39, 0.29) is 0 Å². The Morgan fingerprint density at radius 2 is 2.12 bits per heavy atom. The largest absolute Gasteiger partial charge is 0.454 e. The van der Waals surface area contributed by atoms with Crippen LogP contribution in [0.4, 0.5) is 5.69 Å². The maximum Gasteiger partial charge on any atom is 0.164 e. The number of rotatable bonds is 3. The van der Waals surface area contributed by atoms with Crippen LogP contribution in [-0.4, -0.2) is 0 Å². The van der Waals surface area contributed by atoms with Crippen molar-refractivity contribution >= 4 is 55.8 Å². The van der Waals surface area contributed by atoms with E-state index in [2.05, 4.69) is 43.8 Å². The quantitative estimate of drug-likeness (QED) is 0.725. The van der Waals surface area contributed by atoms with Gasteiger partial charge in [0.15, 0.2) is 3.77 Å². The minimum Gasteiger partial charge on any atom is -0.454 e. The standard InChI is InChI=1S/C11H8BrClINO/c12-9-3-1-7(5-10(9)13)15-6-8-2-4-11(14)16-8/h1-5,15H,6H2. The summed E-state index contributed by atoms with van der Waals surface area (Å²) in [5.41, 5.74) is 0.972. The Balaban J connectivity index is 2.02. The number of furan rings is 1. The Bertz CT molecular complexity index is 500. The van der Waals surface area contributed by atoms with Gasteiger partial charge in [-0.1, -0.05) is 11.6 Å². The summed E-state index contributed by atoms with van der Waals surface area (Å²) in [7, 11) is 0. The fourth-order valence-electron chi connectivity index (χ4n) is 1.24. The van der Waals surface area contributed by atoms with Crippen LogP contribution in [0, 0.1) is 3.77 Å². The van der Waals surface area contributed by atoms with Crippen molar-refractivity contribution in [1.29, 1.82) is 0 Å². The Kier molecular flexibility index (Phi) is 4.16. The highest BCUT2D eigenvalue weighted by molar-refractivity contribution is 14.1. The Labute approximate surface area is 121 Å². The first kappa shape index (κ1) is 12.3. The lowest BCUT2D eigenvalue weighted by molar-refractivity contribution is 0.493. The van der Waals surface area contributed by atoms with Crippen LogP contribution in [0.25, 0.3) is 0 Å². The summed E-state index contributed by atoms with van der Waals surface area (Å²) in [6.45, 7) is 0.654. The van der Waals surface area contributed by atoms with E-state index in [1.54, 1.807) is 0 Å². The van der Waals surface area contributed by atoms with Crippen LogP contribution in [0.3, 0.4) is 0 Å². The molecule has 0 amide bonds. The van der Waals surface area contributed by atoms with Crippen LogP contribution in [0.15, 0.2) is 39.2 Å². The zero-order chi connectivity index (χ0) is 11.5. The van der Waals surface area contributed by atoms with Crippen LogP contribution in [0.5, 0.6) is 0 Å². The molecule has 0 atom stereocenters. The lowest BCUT2D eigenvalue weighted by Gasteiger charge is -2.05. The summed E-state index contributed by atoms with van der Waals surface area (Å²) >= 11 is 11.5. The van der Waals surface area contributed by atoms with Gasteiger partial charge in [0.25, 0.3) is 0 Å². The van der Waals surface area contributed by atoms with Gasteiger partial charge in [-0.15, -0.1) is 0 Å². The van der Waals surface area contributed by atoms with E-state index in [1.165, 1.54) is 0 Å². The van der Waals surface area contributed by atoms with Crippen molar-refractivity contribution in [2.75, 3.05) is 5.32 Å². The molecule has 0 aliphatic rings.